The monoisotopic (exact) mass is 408 g/mol. The van der Waals surface area contributed by atoms with Crippen molar-refractivity contribution < 1.29 is 27.0 Å². The molecular formula is C18H20N2O7S. The van der Waals surface area contributed by atoms with Gasteiger partial charge in [-0.1, -0.05) is 0 Å². The van der Waals surface area contributed by atoms with Crippen LogP contribution in [0.4, 0.5) is 0 Å². The Morgan fingerprint density at radius 1 is 1.04 bits per heavy atom. The smallest absolute Gasteiger partial charge is 0.417 e. The van der Waals surface area contributed by atoms with E-state index in [0.717, 1.165) is 0 Å². The summed E-state index contributed by atoms with van der Waals surface area (Å²) < 4.78 is 47.9. The summed E-state index contributed by atoms with van der Waals surface area (Å²) in [5, 5.41) is 0. The van der Waals surface area contributed by atoms with Crippen LogP contribution >= 0.6 is 0 Å². The third-order valence-electron chi connectivity index (χ3n) is 4.23. The van der Waals surface area contributed by atoms with Crippen LogP contribution in [0.15, 0.2) is 44.4 Å². The van der Waals surface area contributed by atoms with E-state index in [-0.39, 0.29) is 17.0 Å². The van der Waals surface area contributed by atoms with E-state index in [2.05, 4.69) is 4.98 Å². The maximum atomic E-state index is 12.9. The summed E-state index contributed by atoms with van der Waals surface area (Å²) in [7, 11) is 2.09. The Balaban J connectivity index is 1.94. The Morgan fingerprint density at radius 3 is 2.25 bits per heavy atom. The molecule has 0 saturated carbocycles. The second-order valence-electron chi connectivity index (χ2n) is 5.97. The summed E-state index contributed by atoms with van der Waals surface area (Å²) in [6.45, 7) is 0.0637. The normalized spacial score (nSPS) is 11.8. The second-order valence-corrected chi connectivity index (χ2v) is 8.01. The molecule has 0 unspecified atom stereocenters. The number of benzene rings is 2. The molecule has 1 aromatic heterocycles. The standard InChI is InChI=1S/C18H20N2O7S/c1-20(10-11-7-15(24-2)17(26-4)16(8-11)25-3)28(22,23)12-5-6-13-14(9-12)27-18(21)19-13/h5-9H,10H2,1-4H3,(H,19,21). The van der Waals surface area contributed by atoms with Gasteiger partial charge in [-0.3, -0.25) is 4.98 Å². The molecule has 0 bridgehead atoms. The first-order valence-electron chi connectivity index (χ1n) is 8.18. The first-order chi connectivity index (χ1) is 13.3. The van der Waals surface area contributed by atoms with Crippen molar-refractivity contribution in [2.75, 3.05) is 28.4 Å². The fraction of sp³-hybridized carbons (Fsp3) is 0.278. The van der Waals surface area contributed by atoms with E-state index in [1.165, 1.54) is 50.9 Å². The topological polar surface area (TPSA) is 111 Å². The molecule has 0 radical (unpaired) electrons. The average molecular weight is 408 g/mol. The van der Waals surface area contributed by atoms with Crippen molar-refractivity contribution in [1.29, 1.82) is 0 Å². The summed E-state index contributed by atoms with van der Waals surface area (Å²) in [6.07, 6.45) is 0. The SMILES string of the molecule is COc1cc(CN(C)S(=O)(=O)c2ccc3[nH]c(=O)oc3c2)cc(OC)c1OC. The maximum Gasteiger partial charge on any atom is 0.417 e. The molecule has 0 spiro atoms. The van der Waals surface area contributed by atoms with E-state index >= 15 is 0 Å². The van der Waals surface area contributed by atoms with Gasteiger partial charge in [-0.15, -0.1) is 0 Å². The molecule has 0 aliphatic heterocycles. The van der Waals surface area contributed by atoms with Crippen molar-refractivity contribution in [3.8, 4) is 17.2 Å². The van der Waals surface area contributed by atoms with Crippen LogP contribution in [-0.4, -0.2) is 46.1 Å². The molecule has 0 amide bonds. The Bertz CT molecular complexity index is 1140. The number of methoxy groups -OCH3 is 3. The molecule has 1 N–H and O–H groups in total. The predicted molar refractivity (Wildman–Crippen MR) is 102 cm³/mol. The quantitative estimate of drug-likeness (QED) is 0.636. The lowest BCUT2D eigenvalue weighted by molar-refractivity contribution is 0.323. The van der Waals surface area contributed by atoms with E-state index in [4.69, 9.17) is 18.6 Å². The Morgan fingerprint density at radius 2 is 1.68 bits per heavy atom. The fourth-order valence-corrected chi connectivity index (χ4v) is 4.01. The number of fused-ring (bicyclic) bond motifs is 1. The molecule has 150 valence electrons. The first-order valence-corrected chi connectivity index (χ1v) is 9.62. The third kappa shape index (κ3) is 3.56. The molecular weight excluding hydrogens is 388 g/mol. The minimum absolute atomic E-state index is 0.0118. The lowest BCUT2D eigenvalue weighted by atomic mass is 10.2. The summed E-state index contributed by atoms with van der Waals surface area (Å²) in [5.74, 6) is 0.638. The van der Waals surface area contributed by atoms with Crippen LogP contribution in [0.5, 0.6) is 17.2 Å². The number of hydrogen-bond donors (Lipinski definition) is 1. The molecule has 3 rings (SSSR count). The van der Waals surface area contributed by atoms with Gasteiger partial charge in [0.05, 0.1) is 31.7 Å². The minimum atomic E-state index is -3.83. The lowest BCUT2D eigenvalue weighted by Gasteiger charge is -2.19. The van der Waals surface area contributed by atoms with Crippen molar-refractivity contribution in [2.45, 2.75) is 11.4 Å². The zero-order valence-corrected chi connectivity index (χ0v) is 16.6. The van der Waals surface area contributed by atoms with Crippen LogP contribution < -0.4 is 20.0 Å². The zero-order valence-electron chi connectivity index (χ0n) is 15.8. The van der Waals surface area contributed by atoms with E-state index in [1.807, 2.05) is 0 Å². The molecule has 0 fully saturated rings. The number of sulfonamides is 1. The Hall–Kier alpha value is -2.98. The predicted octanol–water partition coefficient (Wildman–Crippen LogP) is 1.97. The van der Waals surface area contributed by atoms with Crippen molar-refractivity contribution in [1.82, 2.24) is 9.29 Å². The van der Waals surface area contributed by atoms with Crippen LogP contribution in [0.2, 0.25) is 0 Å². The highest BCUT2D eigenvalue weighted by Gasteiger charge is 2.23. The zero-order chi connectivity index (χ0) is 20.5. The van der Waals surface area contributed by atoms with Crippen molar-refractivity contribution >= 4 is 21.1 Å². The van der Waals surface area contributed by atoms with Gasteiger partial charge in [0.2, 0.25) is 15.8 Å². The van der Waals surface area contributed by atoms with Gasteiger partial charge in [0.15, 0.2) is 17.1 Å². The van der Waals surface area contributed by atoms with Crippen LogP contribution in [0.3, 0.4) is 0 Å². The molecule has 3 aromatic rings. The molecule has 1 heterocycles. The largest absolute Gasteiger partial charge is 0.493 e. The van der Waals surface area contributed by atoms with Gasteiger partial charge in [0.1, 0.15) is 0 Å². The van der Waals surface area contributed by atoms with E-state index < -0.39 is 15.8 Å². The summed E-state index contributed by atoms with van der Waals surface area (Å²) >= 11 is 0. The minimum Gasteiger partial charge on any atom is -0.493 e. The molecule has 28 heavy (non-hydrogen) atoms. The molecule has 2 aromatic carbocycles. The van der Waals surface area contributed by atoms with Gasteiger partial charge in [-0.25, -0.2) is 13.2 Å². The van der Waals surface area contributed by atoms with Gasteiger partial charge < -0.3 is 18.6 Å². The van der Waals surface area contributed by atoms with Gasteiger partial charge >= 0.3 is 5.76 Å². The van der Waals surface area contributed by atoms with Crippen molar-refractivity contribution in [2.24, 2.45) is 0 Å². The number of nitrogens with zero attached hydrogens (tertiary/aromatic N) is 1. The summed E-state index contributed by atoms with van der Waals surface area (Å²) in [6, 6.07) is 7.58. The first kappa shape index (κ1) is 19.8. The highest BCUT2D eigenvalue weighted by Crippen LogP contribution is 2.38. The number of H-pyrrole nitrogens is 1. The molecule has 0 aliphatic carbocycles. The molecule has 9 nitrogen and oxygen atoms in total. The molecule has 0 saturated heterocycles. The van der Waals surface area contributed by atoms with Crippen molar-refractivity contribution in [3.05, 3.63) is 46.4 Å². The summed E-state index contributed by atoms with van der Waals surface area (Å²) in [5.41, 5.74) is 1.25. The maximum absolute atomic E-state index is 12.9. The van der Waals surface area contributed by atoms with Gasteiger partial charge in [-0.05, 0) is 29.8 Å². The third-order valence-corrected chi connectivity index (χ3v) is 6.03. The number of aromatic amines is 1. The Kier molecular flexibility index (Phi) is 5.34. The van der Waals surface area contributed by atoms with Crippen LogP contribution in [0.1, 0.15) is 5.56 Å². The number of nitrogens with one attached hydrogen (secondary N) is 1. The second kappa shape index (κ2) is 7.56. The van der Waals surface area contributed by atoms with E-state index in [9.17, 15) is 13.2 Å². The van der Waals surface area contributed by atoms with Gasteiger partial charge in [0, 0.05) is 19.7 Å². The molecule has 0 aliphatic rings. The van der Waals surface area contributed by atoms with Crippen LogP contribution in [0.25, 0.3) is 11.1 Å². The van der Waals surface area contributed by atoms with Crippen LogP contribution in [-0.2, 0) is 16.6 Å². The van der Waals surface area contributed by atoms with E-state index in [0.29, 0.717) is 28.3 Å². The lowest BCUT2D eigenvalue weighted by Crippen LogP contribution is -2.26. The number of ether oxygens (including phenoxy) is 3. The van der Waals surface area contributed by atoms with Gasteiger partial charge in [0.25, 0.3) is 0 Å². The number of hydrogen-bond acceptors (Lipinski definition) is 7. The molecule has 10 heteroatoms. The number of aromatic nitrogens is 1. The van der Waals surface area contributed by atoms with Gasteiger partial charge in [-0.2, -0.15) is 4.31 Å². The number of oxazole rings is 1. The van der Waals surface area contributed by atoms with Crippen LogP contribution in [0, 0.1) is 0 Å². The highest BCUT2D eigenvalue weighted by molar-refractivity contribution is 7.89. The fourth-order valence-electron chi connectivity index (χ4n) is 2.83. The number of rotatable bonds is 7. The highest BCUT2D eigenvalue weighted by atomic mass is 32.2. The Labute approximate surface area is 161 Å². The van der Waals surface area contributed by atoms with E-state index in [1.54, 1.807) is 12.1 Å². The average Bonchev–Trinajstić information content (AvgIpc) is 3.06. The molecule has 0 atom stereocenters. The summed E-state index contributed by atoms with van der Waals surface area (Å²) in [4.78, 5) is 13.8. The van der Waals surface area contributed by atoms with Crippen molar-refractivity contribution in [3.63, 3.8) is 0 Å².